The standard InChI is InChI=1S/C15H24N2O2/c1-3-17(4-2)15(18)9-6-10-19-14-8-5-7-13(11-14)12-16/h5,7-8,11H,3-4,6,9-10,12,16H2,1-2H3. The third-order valence-electron chi connectivity index (χ3n) is 3.05. The summed E-state index contributed by atoms with van der Waals surface area (Å²) in [6, 6.07) is 7.74. The SMILES string of the molecule is CCN(CC)C(=O)CCCOc1cccc(CN)c1. The molecule has 0 unspecified atom stereocenters. The summed E-state index contributed by atoms with van der Waals surface area (Å²) >= 11 is 0. The first-order valence-corrected chi connectivity index (χ1v) is 6.90. The summed E-state index contributed by atoms with van der Waals surface area (Å²) in [6.45, 7) is 6.61. The van der Waals surface area contributed by atoms with Crippen molar-refractivity contribution in [2.75, 3.05) is 19.7 Å². The molecule has 1 rings (SSSR count). The van der Waals surface area contributed by atoms with Gasteiger partial charge < -0.3 is 15.4 Å². The van der Waals surface area contributed by atoms with E-state index in [9.17, 15) is 4.79 Å². The van der Waals surface area contributed by atoms with Gasteiger partial charge in [-0.05, 0) is 38.0 Å². The molecule has 0 fully saturated rings. The van der Waals surface area contributed by atoms with Gasteiger partial charge in [0.25, 0.3) is 0 Å². The molecule has 0 aliphatic carbocycles. The van der Waals surface area contributed by atoms with E-state index >= 15 is 0 Å². The maximum absolute atomic E-state index is 11.8. The first kappa shape index (κ1) is 15.5. The van der Waals surface area contributed by atoms with Gasteiger partial charge in [0.15, 0.2) is 0 Å². The van der Waals surface area contributed by atoms with Crippen molar-refractivity contribution in [1.82, 2.24) is 4.90 Å². The van der Waals surface area contributed by atoms with E-state index in [1.807, 2.05) is 43.0 Å². The second kappa shape index (κ2) is 8.53. The molecule has 1 aromatic carbocycles. The van der Waals surface area contributed by atoms with Crippen molar-refractivity contribution in [3.63, 3.8) is 0 Å². The second-order valence-corrected chi connectivity index (χ2v) is 4.37. The Bertz CT molecular complexity index is 389. The summed E-state index contributed by atoms with van der Waals surface area (Å²) in [6.07, 6.45) is 1.28. The zero-order valence-corrected chi connectivity index (χ0v) is 11.9. The summed E-state index contributed by atoms with van der Waals surface area (Å²) in [4.78, 5) is 13.6. The van der Waals surface area contributed by atoms with Gasteiger partial charge in [-0.25, -0.2) is 0 Å². The quantitative estimate of drug-likeness (QED) is 0.732. The number of benzene rings is 1. The lowest BCUT2D eigenvalue weighted by Gasteiger charge is -2.18. The van der Waals surface area contributed by atoms with Crippen LogP contribution in [0.3, 0.4) is 0 Å². The highest BCUT2D eigenvalue weighted by Crippen LogP contribution is 2.13. The zero-order valence-electron chi connectivity index (χ0n) is 11.9. The first-order valence-electron chi connectivity index (χ1n) is 6.90. The van der Waals surface area contributed by atoms with Gasteiger partial charge in [0.05, 0.1) is 6.61 Å². The van der Waals surface area contributed by atoms with Crippen molar-refractivity contribution in [3.8, 4) is 5.75 Å². The number of hydrogen-bond acceptors (Lipinski definition) is 3. The Hall–Kier alpha value is -1.55. The fourth-order valence-corrected chi connectivity index (χ4v) is 1.91. The van der Waals surface area contributed by atoms with E-state index in [1.54, 1.807) is 0 Å². The van der Waals surface area contributed by atoms with Crippen LogP contribution in [0.5, 0.6) is 5.75 Å². The van der Waals surface area contributed by atoms with Crippen LogP contribution in [-0.4, -0.2) is 30.5 Å². The predicted octanol–water partition coefficient (Wildman–Crippen LogP) is 2.17. The number of amides is 1. The number of rotatable bonds is 8. The molecule has 0 aromatic heterocycles. The molecule has 0 heterocycles. The molecule has 0 aliphatic rings. The van der Waals surface area contributed by atoms with Crippen LogP contribution < -0.4 is 10.5 Å². The van der Waals surface area contributed by atoms with Crippen LogP contribution in [0.4, 0.5) is 0 Å². The van der Waals surface area contributed by atoms with E-state index in [1.165, 1.54) is 0 Å². The predicted molar refractivity (Wildman–Crippen MR) is 77.0 cm³/mol. The average Bonchev–Trinajstić information content (AvgIpc) is 2.45. The van der Waals surface area contributed by atoms with Crippen LogP contribution in [0, 0.1) is 0 Å². The molecule has 1 amide bonds. The number of hydrogen-bond donors (Lipinski definition) is 1. The van der Waals surface area contributed by atoms with Crippen molar-refractivity contribution in [2.45, 2.75) is 33.2 Å². The molecule has 0 spiro atoms. The Morgan fingerprint density at radius 1 is 1.32 bits per heavy atom. The molecule has 4 heteroatoms. The second-order valence-electron chi connectivity index (χ2n) is 4.37. The number of carbonyl (C=O) groups is 1. The molecular formula is C15H24N2O2. The molecule has 1 aromatic rings. The third kappa shape index (κ3) is 5.30. The van der Waals surface area contributed by atoms with Crippen LogP contribution in [0.1, 0.15) is 32.3 Å². The summed E-state index contributed by atoms with van der Waals surface area (Å²) in [5, 5.41) is 0. The van der Waals surface area contributed by atoms with E-state index in [0.29, 0.717) is 19.6 Å². The summed E-state index contributed by atoms with van der Waals surface area (Å²) in [5.41, 5.74) is 6.62. The molecular weight excluding hydrogens is 240 g/mol. The largest absolute Gasteiger partial charge is 0.494 e. The van der Waals surface area contributed by atoms with Gasteiger partial charge in [-0.15, -0.1) is 0 Å². The van der Waals surface area contributed by atoms with Gasteiger partial charge in [-0.1, -0.05) is 12.1 Å². The molecule has 0 aliphatic heterocycles. The fraction of sp³-hybridized carbons (Fsp3) is 0.533. The molecule has 0 radical (unpaired) electrons. The van der Waals surface area contributed by atoms with Crippen LogP contribution in [-0.2, 0) is 11.3 Å². The van der Waals surface area contributed by atoms with Crippen LogP contribution in [0.25, 0.3) is 0 Å². The highest BCUT2D eigenvalue weighted by molar-refractivity contribution is 5.76. The van der Waals surface area contributed by atoms with Gasteiger partial charge in [0.1, 0.15) is 5.75 Å². The van der Waals surface area contributed by atoms with Gasteiger partial charge >= 0.3 is 0 Å². The van der Waals surface area contributed by atoms with E-state index in [0.717, 1.165) is 30.8 Å². The molecule has 0 bridgehead atoms. The minimum atomic E-state index is 0.198. The van der Waals surface area contributed by atoms with Crippen LogP contribution in [0.2, 0.25) is 0 Å². The number of nitrogens with two attached hydrogens (primary N) is 1. The zero-order chi connectivity index (χ0) is 14.1. The van der Waals surface area contributed by atoms with E-state index in [-0.39, 0.29) is 5.91 Å². The maximum Gasteiger partial charge on any atom is 0.222 e. The van der Waals surface area contributed by atoms with Crippen molar-refractivity contribution in [3.05, 3.63) is 29.8 Å². The minimum Gasteiger partial charge on any atom is -0.494 e. The summed E-state index contributed by atoms with van der Waals surface area (Å²) < 4.78 is 5.62. The molecule has 19 heavy (non-hydrogen) atoms. The van der Waals surface area contributed by atoms with E-state index in [2.05, 4.69) is 0 Å². The van der Waals surface area contributed by atoms with Crippen molar-refractivity contribution in [1.29, 1.82) is 0 Å². The summed E-state index contributed by atoms with van der Waals surface area (Å²) in [5.74, 6) is 1.02. The lowest BCUT2D eigenvalue weighted by Crippen LogP contribution is -2.30. The maximum atomic E-state index is 11.8. The Morgan fingerprint density at radius 3 is 2.68 bits per heavy atom. The number of carbonyl (C=O) groups excluding carboxylic acids is 1. The van der Waals surface area contributed by atoms with Crippen molar-refractivity contribution >= 4 is 5.91 Å². The highest BCUT2D eigenvalue weighted by atomic mass is 16.5. The average molecular weight is 264 g/mol. The van der Waals surface area contributed by atoms with E-state index < -0.39 is 0 Å². The lowest BCUT2D eigenvalue weighted by atomic mass is 10.2. The lowest BCUT2D eigenvalue weighted by molar-refractivity contribution is -0.131. The molecule has 0 atom stereocenters. The van der Waals surface area contributed by atoms with Gasteiger partial charge in [0.2, 0.25) is 5.91 Å². The topological polar surface area (TPSA) is 55.6 Å². The van der Waals surface area contributed by atoms with Crippen LogP contribution >= 0.6 is 0 Å². The molecule has 2 N–H and O–H groups in total. The molecule has 106 valence electrons. The van der Waals surface area contributed by atoms with Gasteiger partial charge in [-0.3, -0.25) is 4.79 Å². The highest BCUT2D eigenvalue weighted by Gasteiger charge is 2.08. The van der Waals surface area contributed by atoms with Crippen LogP contribution in [0.15, 0.2) is 24.3 Å². The smallest absolute Gasteiger partial charge is 0.222 e. The van der Waals surface area contributed by atoms with Crippen molar-refractivity contribution in [2.24, 2.45) is 5.73 Å². The third-order valence-corrected chi connectivity index (χ3v) is 3.05. The molecule has 4 nitrogen and oxygen atoms in total. The molecule has 0 saturated heterocycles. The summed E-state index contributed by atoms with van der Waals surface area (Å²) in [7, 11) is 0. The Labute approximate surface area is 115 Å². The monoisotopic (exact) mass is 264 g/mol. The van der Waals surface area contributed by atoms with E-state index in [4.69, 9.17) is 10.5 Å². The molecule has 0 saturated carbocycles. The van der Waals surface area contributed by atoms with Gasteiger partial charge in [-0.2, -0.15) is 0 Å². The van der Waals surface area contributed by atoms with Gasteiger partial charge in [0, 0.05) is 26.1 Å². The number of ether oxygens (including phenoxy) is 1. The Morgan fingerprint density at radius 2 is 2.05 bits per heavy atom. The Balaban J connectivity index is 2.28. The minimum absolute atomic E-state index is 0.198. The van der Waals surface area contributed by atoms with Crippen molar-refractivity contribution < 1.29 is 9.53 Å². The first-order chi connectivity index (χ1) is 9.21. The Kier molecular flexibility index (Phi) is 6.97. The fourth-order valence-electron chi connectivity index (χ4n) is 1.91. The normalized spacial score (nSPS) is 10.3. The number of nitrogens with zero attached hydrogens (tertiary/aromatic N) is 1.